The Bertz CT molecular complexity index is 884. The molecule has 3 aromatic rings. The van der Waals surface area contributed by atoms with E-state index in [1.54, 1.807) is 23.7 Å². The molecule has 1 N–H and O–H groups in total. The van der Waals surface area contributed by atoms with Crippen LogP contribution in [0.15, 0.2) is 53.7 Å². The number of halogens is 1. The smallest absolute Gasteiger partial charge is 0.230 e. The average Bonchev–Trinajstić information content (AvgIpc) is 3.09. The Kier molecular flexibility index (Phi) is 5.96. The van der Waals surface area contributed by atoms with Gasteiger partial charge in [0.25, 0.3) is 0 Å². The fraction of sp³-hybridized carbons (Fsp3) is 0.222. The number of hydrogen-bond acceptors (Lipinski definition) is 5. The minimum atomic E-state index is -0.272. The second-order valence-electron chi connectivity index (χ2n) is 5.75. The molecule has 26 heavy (non-hydrogen) atoms. The summed E-state index contributed by atoms with van der Waals surface area (Å²) in [7, 11) is 0. The van der Waals surface area contributed by atoms with Crippen LogP contribution in [0.2, 0.25) is 0 Å². The van der Waals surface area contributed by atoms with Crippen LogP contribution in [-0.2, 0) is 17.9 Å². The molecule has 1 aromatic heterocycles. The highest BCUT2D eigenvalue weighted by Gasteiger charge is 2.10. The fourth-order valence-corrected chi connectivity index (χ4v) is 2.99. The number of amides is 1. The lowest BCUT2D eigenvalue weighted by Crippen LogP contribution is -2.24. The lowest BCUT2D eigenvalue weighted by atomic mass is 10.1. The monoisotopic (exact) mass is 371 g/mol. The second-order valence-corrected chi connectivity index (χ2v) is 6.70. The molecule has 6 nitrogen and oxygen atoms in total. The number of aryl methyl sites for hydroxylation is 1. The highest BCUT2D eigenvalue weighted by Crippen LogP contribution is 2.15. The fourth-order valence-electron chi connectivity index (χ4n) is 2.28. The molecule has 0 fully saturated rings. The molecule has 0 bridgehead atoms. The third-order valence-corrected chi connectivity index (χ3v) is 4.69. The molecule has 134 valence electrons. The van der Waals surface area contributed by atoms with Crippen LogP contribution in [-0.4, -0.2) is 31.9 Å². The van der Waals surface area contributed by atoms with Crippen molar-refractivity contribution >= 4 is 17.7 Å². The zero-order chi connectivity index (χ0) is 18.4. The number of aromatic nitrogens is 4. The standard InChI is InChI=1S/C18H18FN5OS/c1-13-7-8-15(9-16(13)19)10-20-17(25)12-26-18-21-22-23-24(18)11-14-5-3-2-4-6-14/h2-9H,10-12H2,1H3,(H,20,25). The molecule has 3 rings (SSSR count). The largest absolute Gasteiger partial charge is 0.351 e. The van der Waals surface area contributed by atoms with Gasteiger partial charge in [-0.25, -0.2) is 9.07 Å². The molecule has 0 atom stereocenters. The zero-order valence-electron chi connectivity index (χ0n) is 14.2. The Morgan fingerprint density at radius 1 is 1.19 bits per heavy atom. The molecule has 0 aliphatic rings. The first-order valence-corrected chi connectivity index (χ1v) is 9.05. The van der Waals surface area contributed by atoms with Crippen molar-refractivity contribution in [2.45, 2.75) is 25.2 Å². The Labute approximate surface area is 154 Å². The van der Waals surface area contributed by atoms with Gasteiger partial charge in [-0.2, -0.15) is 0 Å². The van der Waals surface area contributed by atoms with Crippen LogP contribution in [0.5, 0.6) is 0 Å². The van der Waals surface area contributed by atoms with E-state index in [4.69, 9.17) is 0 Å². The molecule has 8 heteroatoms. The summed E-state index contributed by atoms with van der Waals surface area (Å²) in [6.07, 6.45) is 0. The van der Waals surface area contributed by atoms with Crippen molar-refractivity contribution in [3.8, 4) is 0 Å². The van der Waals surface area contributed by atoms with Crippen molar-refractivity contribution in [3.05, 3.63) is 71.0 Å². The van der Waals surface area contributed by atoms with Crippen molar-refractivity contribution in [1.82, 2.24) is 25.5 Å². The van der Waals surface area contributed by atoms with Crippen molar-refractivity contribution < 1.29 is 9.18 Å². The number of carbonyl (C=O) groups is 1. The average molecular weight is 371 g/mol. The predicted octanol–water partition coefficient (Wildman–Crippen LogP) is 2.58. The van der Waals surface area contributed by atoms with Gasteiger partial charge in [0, 0.05) is 6.54 Å². The minimum absolute atomic E-state index is 0.162. The van der Waals surface area contributed by atoms with E-state index in [1.807, 2.05) is 30.3 Å². The lowest BCUT2D eigenvalue weighted by molar-refractivity contribution is -0.118. The van der Waals surface area contributed by atoms with Gasteiger partial charge >= 0.3 is 0 Å². The van der Waals surface area contributed by atoms with Gasteiger partial charge in [-0.3, -0.25) is 4.79 Å². The summed E-state index contributed by atoms with van der Waals surface area (Å²) in [6, 6.07) is 14.8. The van der Waals surface area contributed by atoms with E-state index in [2.05, 4.69) is 20.8 Å². The summed E-state index contributed by atoms with van der Waals surface area (Å²) in [5, 5.41) is 14.9. The third kappa shape index (κ3) is 4.89. The Balaban J connectivity index is 1.50. The molecule has 0 radical (unpaired) electrons. The maximum atomic E-state index is 13.5. The molecule has 0 saturated heterocycles. The van der Waals surface area contributed by atoms with Gasteiger partial charge in [0.2, 0.25) is 11.1 Å². The number of tetrazole rings is 1. The summed E-state index contributed by atoms with van der Waals surface area (Å²) in [4.78, 5) is 12.0. The highest BCUT2D eigenvalue weighted by molar-refractivity contribution is 7.99. The van der Waals surface area contributed by atoms with Crippen molar-refractivity contribution in [3.63, 3.8) is 0 Å². The molecular formula is C18H18FN5OS. The first-order chi connectivity index (χ1) is 12.6. The van der Waals surface area contributed by atoms with Crippen LogP contribution in [0.25, 0.3) is 0 Å². The zero-order valence-corrected chi connectivity index (χ0v) is 15.0. The first-order valence-electron chi connectivity index (χ1n) is 8.06. The first kappa shape index (κ1) is 18.1. The molecular weight excluding hydrogens is 353 g/mol. The number of benzene rings is 2. The van der Waals surface area contributed by atoms with Gasteiger partial charge in [-0.05, 0) is 40.1 Å². The van der Waals surface area contributed by atoms with Crippen LogP contribution >= 0.6 is 11.8 Å². The van der Waals surface area contributed by atoms with Gasteiger partial charge in [0.1, 0.15) is 5.82 Å². The Hall–Kier alpha value is -2.74. The van der Waals surface area contributed by atoms with E-state index >= 15 is 0 Å². The molecule has 0 aliphatic carbocycles. The summed E-state index contributed by atoms with van der Waals surface area (Å²) < 4.78 is 15.2. The number of hydrogen-bond donors (Lipinski definition) is 1. The van der Waals surface area contributed by atoms with Crippen LogP contribution in [0.1, 0.15) is 16.7 Å². The second kappa shape index (κ2) is 8.57. The predicted molar refractivity (Wildman–Crippen MR) is 97.1 cm³/mol. The summed E-state index contributed by atoms with van der Waals surface area (Å²) in [5.74, 6) is -0.250. The molecule has 1 amide bonds. The molecule has 0 spiro atoms. The molecule has 2 aromatic carbocycles. The van der Waals surface area contributed by atoms with Crippen molar-refractivity contribution in [2.24, 2.45) is 0 Å². The van der Waals surface area contributed by atoms with Crippen LogP contribution in [0, 0.1) is 12.7 Å². The minimum Gasteiger partial charge on any atom is -0.351 e. The number of thioether (sulfide) groups is 1. The van der Waals surface area contributed by atoms with Gasteiger partial charge in [0.15, 0.2) is 0 Å². The third-order valence-electron chi connectivity index (χ3n) is 3.73. The van der Waals surface area contributed by atoms with Gasteiger partial charge in [0.05, 0.1) is 12.3 Å². The Morgan fingerprint density at radius 3 is 2.77 bits per heavy atom. The topological polar surface area (TPSA) is 72.7 Å². The summed E-state index contributed by atoms with van der Waals surface area (Å²) >= 11 is 1.26. The lowest BCUT2D eigenvalue weighted by Gasteiger charge is -2.07. The molecule has 0 aliphatic heterocycles. The maximum absolute atomic E-state index is 13.5. The quantitative estimate of drug-likeness (QED) is 0.646. The van der Waals surface area contributed by atoms with Crippen LogP contribution < -0.4 is 5.32 Å². The van der Waals surface area contributed by atoms with Crippen molar-refractivity contribution in [2.75, 3.05) is 5.75 Å². The van der Waals surface area contributed by atoms with E-state index in [-0.39, 0.29) is 24.0 Å². The molecule has 0 unspecified atom stereocenters. The number of rotatable bonds is 7. The normalized spacial score (nSPS) is 10.7. The van der Waals surface area contributed by atoms with Crippen molar-refractivity contribution in [1.29, 1.82) is 0 Å². The van der Waals surface area contributed by atoms with Gasteiger partial charge < -0.3 is 5.32 Å². The number of nitrogens with zero attached hydrogens (tertiary/aromatic N) is 4. The van der Waals surface area contributed by atoms with E-state index in [9.17, 15) is 9.18 Å². The van der Waals surface area contributed by atoms with E-state index in [0.29, 0.717) is 17.3 Å². The van der Waals surface area contributed by atoms with Gasteiger partial charge in [-0.1, -0.05) is 54.2 Å². The van der Waals surface area contributed by atoms with E-state index < -0.39 is 0 Å². The maximum Gasteiger partial charge on any atom is 0.230 e. The molecule has 0 saturated carbocycles. The molecule has 1 heterocycles. The summed E-state index contributed by atoms with van der Waals surface area (Å²) in [6.45, 7) is 2.53. The summed E-state index contributed by atoms with van der Waals surface area (Å²) in [5.41, 5.74) is 2.38. The number of nitrogens with one attached hydrogen (secondary N) is 1. The SMILES string of the molecule is Cc1ccc(CNC(=O)CSc2nnnn2Cc2ccccc2)cc1F. The van der Waals surface area contributed by atoms with Gasteiger partial charge in [-0.15, -0.1) is 5.10 Å². The van der Waals surface area contributed by atoms with E-state index in [1.165, 1.54) is 17.8 Å². The number of carbonyl (C=O) groups excluding carboxylic acids is 1. The Morgan fingerprint density at radius 2 is 2.00 bits per heavy atom. The van der Waals surface area contributed by atoms with Crippen LogP contribution in [0.3, 0.4) is 0 Å². The van der Waals surface area contributed by atoms with E-state index in [0.717, 1.165) is 11.1 Å². The van der Waals surface area contributed by atoms with Crippen LogP contribution in [0.4, 0.5) is 4.39 Å². The highest BCUT2D eigenvalue weighted by atomic mass is 32.2.